The molecule has 0 aliphatic carbocycles. The number of amides is 1. The third-order valence-electron chi connectivity index (χ3n) is 3.50. The van der Waals surface area contributed by atoms with E-state index >= 15 is 0 Å². The molecule has 1 aromatic heterocycles. The van der Waals surface area contributed by atoms with Gasteiger partial charge in [0.2, 0.25) is 0 Å². The van der Waals surface area contributed by atoms with Gasteiger partial charge >= 0.3 is 0 Å². The Bertz CT molecular complexity index is 579. The van der Waals surface area contributed by atoms with Gasteiger partial charge in [0, 0.05) is 12.4 Å². The molecule has 0 unspecified atom stereocenters. The zero-order valence-corrected chi connectivity index (χ0v) is 12.7. The summed E-state index contributed by atoms with van der Waals surface area (Å²) in [6, 6.07) is 8.35. The number of benzene rings is 1. The minimum Gasteiger partial charge on any atom is -0.344 e. The first-order chi connectivity index (χ1) is 10.1. The van der Waals surface area contributed by atoms with Crippen LogP contribution in [0, 0.1) is 5.92 Å². The van der Waals surface area contributed by atoms with Crippen molar-refractivity contribution in [2.75, 3.05) is 0 Å². The van der Waals surface area contributed by atoms with Gasteiger partial charge in [-0.05, 0) is 23.5 Å². The van der Waals surface area contributed by atoms with Crippen molar-refractivity contribution in [1.82, 2.24) is 15.3 Å². The number of aromatic nitrogens is 2. The number of carbonyl (C=O) groups excluding carboxylic acids is 1. The van der Waals surface area contributed by atoms with Crippen molar-refractivity contribution < 1.29 is 4.79 Å². The normalized spacial score (nSPS) is 12.2. The predicted molar refractivity (Wildman–Crippen MR) is 82.9 cm³/mol. The van der Waals surface area contributed by atoms with Gasteiger partial charge in [-0.25, -0.2) is 4.98 Å². The molecule has 2 aromatic rings. The Hall–Kier alpha value is -2.23. The first-order valence-corrected chi connectivity index (χ1v) is 7.27. The molecule has 21 heavy (non-hydrogen) atoms. The molecular formula is C17H21N3O. The maximum Gasteiger partial charge on any atom is 0.271 e. The van der Waals surface area contributed by atoms with E-state index in [0.717, 1.165) is 12.0 Å². The molecule has 1 atom stereocenters. The SMILES string of the molecule is CCc1ccc([C@H](NC(=O)c2cnccn2)C(C)C)cc1. The second-order valence-corrected chi connectivity index (χ2v) is 5.38. The number of nitrogens with zero attached hydrogens (tertiary/aromatic N) is 2. The van der Waals surface area contributed by atoms with Gasteiger partial charge in [0.15, 0.2) is 0 Å². The van der Waals surface area contributed by atoms with Crippen molar-refractivity contribution in [2.24, 2.45) is 5.92 Å². The maximum absolute atomic E-state index is 12.2. The fourth-order valence-corrected chi connectivity index (χ4v) is 2.23. The molecule has 0 saturated heterocycles. The highest BCUT2D eigenvalue weighted by Crippen LogP contribution is 2.22. The lowest BCUT2D eigenvalue weighted by atomic mass is 9.94. The van der Waals surface area contributed by atoms with Gasteiger partial charge in [-0.1, -0.05) is 45.0 Å². The van der Waals surface area contributed by atoms with Crippen LogP contribution in [0.2, 0.25) is 0 Å². The zero-order chi connectivity index (χ0) is 15.2. The van der Waals surface area contributed by atoms with E-state index < -0.39 is 0 Å². The number of hydrogen-bond donors (Lipinski definition) is 1. The molecule has 0 spiro atoms. The second-order valence-electron chi connectivity index (χ2n) is 5.38. The third-order valence-corrected chi connectivity index (χ3v) is 3.50. The lowest BCUT2D eigenvalue weighted by Crippen LogP contribution is -2.32. The minimum atomic E-state index is -0.193. The van der Waals surface area contributed by atoms with Crippen LogP contribution in [0.4, 0.5) is 0 Å². The van der Waals surface area contributed by atoms with E-state index in [4.69, 9.17) is 0 Å². The minimum absolute atomic E-state index is 0.0367. The Morgan fingerprint density at radius 2 is 1.90 bits per heavy atom. The van der Waals surface area contributed by atoms with E-state index in [-0.39, 0.29) is 17.9 Å². The van der Waals surface area contributed by atoms with E-state index in [0.29, 0.717) is 5.69 Å². The van der Waals surface area contributed by atoms with Crippen LogP contribution in [0.1, 0.15) is 48.4 Å². The molecule has 1 N–H and O–H groups in total. The first-order valence-electron chi connectivity index (χ1n) is 7.27. The molecule has 0 fully saturated rings. The summed E-state index contributed by atoms with van der Waals surface area (Å²) < 4.78 is 0. The van der Waals surface area contributed by atoms with E-state index in [1.165, 1.54) is 18.0 Å². The van der Waals surface area contributed by atoms with Crippen molar-refractivity contribution in [3.8, 4) is 0 Å². The van der Waals surface area contributed by atoms with E-state index in [2.05, 4.69) is 60.3 Å². The molecule has 1 heterocycles. The van der Waals surface area contributed by atoms with Gasteiger partial charge in [0.05, 0.1) is 12.2 Å². The summed E-state index contributed by atoms with van der Waals surface area (Å²) in [4.78, 5) is 20.2. The molecule has 1 aromatic carbocycles. The Kier molecular flexibility index (Phi) is 5.04. The average molecular weight is 283 g/mol. The Morgan fingerprint density at radius 3 is 2.43 bits per heavy atom. The molecule has 4 nitrogen and oxygen atoms in total. The highest BCUT2D eigenvalue weighted by molar-refractivity contribution is 5.92. The molecule has 0 bridgehead atoms. The van der Waals surface area contributed by atoms with Crippen molar-refractivity contribution >= 4 is 5.91 Å². The average Bonchev–Trinajstić information content (AvgIpc) is 2.53. The van der Waals surface area contributed by atoms with Crippen LogP contribution >= 0.6 is 0 Å². The van der Waals surface area contributed by atoms with Crippen LogP contribution in [-0.2, 0) is 6.42 Å². The van der Waals surface area contributed by atoms with Crippen LogP contribution in [0.3, 0.4) is 0 Å². The number of aryl methyl sites for hydroxylation is 1. The van der Waals surface area contributed by atoms with E-state index in [1.54, 1.807) is 6.20 Å². The maximum atomic E-state index is 12.2. The molecule has 4 heteroatoms. The van der Waals surface area contributed by atoms with E-state index in [9.17, 15) is 4.79 Å². The fourth-order valence-electron chi connectivity index (χ4n) is 2.23. The smallest absolute Gasteiger partial charge is 0.271 e. The van der Waals surface area contributed by atoms with Crippen molar-refractivity contribution in [3.05, 3.63) is 59.7 Å². The summed E-state index contributed by atoms with van der Waals surface area (Å²) in [5, 5.41) is 3.05. The highest BCUT2D eigenvalue weighted by atomic mass is 16.1. The summed E-state index contributed by atoms with van der Waals surface area (Å²) >= 11 is 0. The van der Waals surface area contributed by atoms with Gasteiger partial charge in [-0.15, -0.1) is 0 Å². The molecule has 110 valence electrons. The quantitative estimate of drug-likeness (QED) is 0.917. The van der Waals surface area contributed by atoms with Gasteiger partial charge in [0.1, 0.15) is 5.69 Å². The van der Waals surface area contributed by atoms with Gasteiger partial charge in [0.25, 0.3) is 5.91 Å². The summed E-state index contributed by atoms with van der Waals surface area (Å²) in [5.74, 6) is 0.0967. The number of hydrogen-bond acceptors (Lipinski definition) is 3. The monoisotopic (exact) mass is 283 g/mol. The topological polar surface area (TPSA) is 54.9 Å². The molecule has 2 rings (SSSR count). The van der Waals surface area contributed by atoms with Crippen molar-refractivity contribution in [3.63, 3.8) is 0 Å². The van der Waals surface area contributed by atoms with E-state index in [1.807, 2.05) is 0 Å². The van der Waals surface area contributed by atoms with Gasteiger partial charge < -0.3 is 5.32 Å². The molecule has 0 radical (unpaired) electrons. The van der Waals surface area contributed by atoms with Crippen molar-refractivity contribution in [2.45, 2.75) is 33.2 Å². The lowest BCUT2D eigenvalue weighted by Gasteiger charge is -2.23. The summed E-state index contributed by atoms with van der Waals surface area (Å²) in [7, 11) is 0. The largest absolute Gasteiger partial charge is 0.344 e. The molecule has 0 aliphatic heterocycles. The van der Waals surface area contributed by atoms with Gasteiger partial charge in [-0.3, -0.25) is 9.78 Å². The predicted octanol–water partition coefficient (Wildman–Crippen LogP) is 3.17. The Labute approximate surface area is 125 Å². The number of nitrogens with one attached hydrogen (secondary N) is 1. The molecule has 1 amide bonds. The van der Waals surface area contributed by atoms with Crippen LogP contribution in [-0.4, -0.2) is 15.9 Å². The summed E-state index contributed by atoms with van der Waals surface area (Å²) in [5.41, 5.74) is 2.74. The van der Waals surface area contributed by atoms with Crippen LogP contribution in [0.15, 0.2) is 42.9 Å². The fraction of sp³-hybridized carbons (Fsp3) is 0.353. The zero-order valence-electron chi connectivity index (χ0n) is 12.7. The summed E-state index contributed by atoms with van der Waals surface area (Å²) in [6.45, 7) is 6.31. The lowest BCUT2D eigenvalue weighted by molar-refractivity contribution is 0.0920. The first kappa shape index (κ1) is 15.2. The highest BCUT2D eigenvalue weighted by Gasteiger charge is 2.19. The third kappa shape index (κ3) is 3.88. The summed E-state index contributed by atoms with van der Waals surface area (Å²) in [6.07, 6.45) is 5.57. The number of carbonyl (C=O) groups is 1. The molecule has 0 saturated carbocycles. The standard InChI is InChI=1S/C17H21N3O/c1-4-13-5-7-14(8-6-13)16(12(2)3)20-17(21)15-11-18-9-10-19-15/h5-12,16H,4H2,1-3H3,(H,20,21)/t16-/m1/s1. The van der Waals surface area contributed by atoms with Crippen LogP contribution in [0.5, 0.6) is 0 Å². The second kappa shape index (κ2) is 6.97. The number of rotatable bonds is 5. The molecular weight excluding hydrogens is 262 g/mol. The Balaban J connectivity index is 2.17. The molecule has 0 aliphatic rings. The van der Waals surface area contributed by atoms with Crippen LogP contribution < -0.4 is 5.32 Å². The van der Waals surface area contributed by atoms with Gasteiger partial charge in [-0.2, -0.15) is 0 Å². The van der Waals surface area contributed by atoms with Crippen molar-refractivity contribution in [1.29, 1.82) is 0 Å². The van der Waals surface area contributed by atoms with Crippen LogP contribution in [0.25, 0.3) is 0 Å². The Morgan fingerprint density at radius 1 is 1.19 bits per heavy atom.